The Bertz CT molecular complexity index is 1280. The lowest BCUT2D eigenvalue weighted by Crippen LogP contribution is -2.60. The van der Waals surface area contributed by atoms with Crippen molar-refractivity contribution in [3.8, 4) is 0 Å². The van der Waals surface area contributed by atoms with Gasteiger partial charge in [-0.15, -0.1) is 0 Å². The van der Waals surface area contributed by atoms with E-state index in [4.69, 9.17) is 9.47 Å². The lowest BCUT2D eigenvalue weighted by Gasteiger charge is -2.40. The first-order valence-corrected chi connectivity index (χ1v) is 20.1. The molecule has 0 saturated carbocycles. The maximum atomic E-state index is 14.0. The first-order valence-electron chi connectivity index (χ1n) is 20.1. The normalized spacial score (nSPS) is 19.0. The Kier molecular flexibility index (Phi) is 21.5. The fourth-order valence-electron chi connectivity index (χ4n) is 7.72. The molecule has 1 saturated heterocycles. The van der Waals surface area contributed by atoms with Crippen molar-refractivity contribution in [3.05, 3.63) is 35.9 Å². The molecular weight excluding hydrogens is 686 g/mol. The number of rotatable bonds is 20. The van der Waals surface area contributed by atoms with E-state index < -0.39 is 36.3 Å². The molecule has 0 spiro atoms. The number of aliphatic hydroxyl groups excluding tert-OH is 1. The number of ether oxygens (including phenoxy) is 2. The van der Waals surface area contributed by atoms with E-state index in [1.54, 1.807) is 44.9 Å². The van der Waals surface area contributed by atoms with Crippen molar-refractivity contribution in [2.75, 3.05) is 55.0 Å². The van der Waals surface area contributed by atoms with Crippen molar-refractivity contribution < 1.29 is 38.2 Å². The van der Waals surface area contributed by atoms with Crippen molar-refractivity contribution in [1.82, 2.24) is 20.4 Å². The summed E-state index contributed by atoms with van der Waals surface area (Å²) in [4.78, 5) is 57.7. The van der Waals surface area contributed by atoms with Crippen LogP contribution in [0.15, 0.2) is 30.3 Å². The SMILES string of the molecule is CCC.CCC(C)C(C(CC(=O)N1CCCC1C(OC)C(C)C(=O)NC(C)C(O)c1ccccc1)OC)N(C)C(=O)CNC(=O)C(C(C)C)[N+](C)(C)CC. The van der Waals surface area contributed by atoms with Crippen LogP contribution in [0.1, 0.15) is 106 Å². The standard InChI is InChI=1S/C39H67N5O7.C3H8/c1-13-26(5)34(42(8)33(46)24-40-39(49)35(25(3)4)44(9,10)14-2)31(50-11)23-32(45)43-22-18-21-30(43)37(51-12)27(6)38(48)41-28(7)36(47)29-19-16-15-17-20-29;1-3-2/h15-17,19-20,25-28,30-31,34-37,47H,13-14,18,21-24H2,1-12H3,(H-,40,41,48,49);3H2,1-2H3/p+1. The number of quaternary nitrogens is 1. The zero-order valence-corrected chi connectivity index (χ0v) is 36.1. The van der Waals surface area contributed by atoms with E-state index in [-0.39, 0.29) is 60.5 Å². The van der Waals surface area contributed by atoms with Crippen LogP contribution in [0.5, 0.6) is 0 Å². The molecule has 310 valence electrons. The van der Waals surface area contributed by atoms with Gasteiger partial charge in [-0.2, -0.15) is 0 Å². The Morgan fingerprint density at radius 3 is 2.06 bits per heavy atom. The lowest BCUT2D eigenvalue weighted by atomic mass is 9.90. The van der Waals surface area contributed by atoms with Gasteiger partial charge in [-0.3, -0.25) is 19.2 Å². The topological polar surface area (TPSA) is 138 Å². The summed E-state index contributed by atoms with van der Waals surface area (Å²) in [6.45, 7) is 19.1. The highest BCUT2D eigenvalue weighted by atomic mass is 16.5. The largest absolute Gasteiger partial charge is 0.386 e. The number of hydrogen-bond donors (Lipinski definition) is 3. The number of carbonyl (C=O) groups excluding carboxylic acids is 4. The van der Waals surface area contributed by atoms with Crippen molar-refractivity contribution in [3.63, 3.8) is 0 Å². The van der Waals surface area contributed by atoms with Gasteiger partial charge in [0, 0.05) is 33.7 Å². The van der Waals surface area contributed by atoms with Gasteiger partial charge in [-0.1, -0.05) is 91.6 Å². The third-order valence-electron chi connectivity index (χ3n) is 11.2. The van der Waals surface area contributed by atoms with Gasteiger partial charge in [0.15, 0.2) is 6.04 Å². The summed E-state index contributed by atoms with van der Waals surface area (Å²) in [7, 11) is 8.86. The van der Waals surface area contributed by atoms with Gasteiger partial charge in [0.1, 0.15) is 0 Å². The number of benzene rings is 1. The molecular formula is C42H76N5O7+. The van der Waals surface area contributed by atoms with E-state index in [1.807, 2.05) is 79.0 Å². The first-order chi connectivity index (χ1) is 25.4. The van der Waals surface area contributed by atoms with E-state index in [0.717, 1.165) is 19.4 Å². The van der Waals surface area contributed by atoms with Crippen LogP contribution in [0, 0.1) is 17.8 Å². The fraction of sp³-hybridized carbons (Fsp3) is 0.762. The molecule has 1 fully saturated rings. The molecule has 4 amide bonds. The number of methoxy groups -OCH3 is 2. The Labute approximate surface area is 327 Å². The van der Waals surface area contributed by atoms with Crippen LogP contribution < -0.4 is 10.6 Å². The first kappa shape index (κ1) is 49.0. The molecule has 2 rings (SSSR count). The second-order valence-electron chi connectivity index (χ2n) is 16.0. The average Bonchev–Trinajstić information content (AvgIpc) is 3.63. The number of likely N-dealkylation sites (N-methyl/N-ethyl adjacent to an activating group) is 2. The highest BCUT2D eigenvalue weighted by Gasteiger charge is 2.43. The zero-order valence-electron chi connectivity index (χ0n) is 36.1. The number of hydrogen-bond acceptors (Lipinski definition) is 7. The van der Waals surface area contributed by atoms with Gasteiger partial charge in [-0.05, 0) is 38.2 Å². The Balaban J connectivity index is 0.00000469. The molecule has 3 N–H and O–H groups in total. The number of nitrogens with one attached hydrogen (secondary N) is 2. The average molecular weight is 763 g/mol. The summed E-state index contributed by atoms with van der Waals surface area (Å²) in [5.41, 5.74) is 0.712. The van der Waals surface area contributed by atoms with Crippen molar-refractivity contribution in [2.45, 2.75) is 137 Å². The van der Waals surface area contributed by atoms with Crippen LogP contribution in [0.4, 0.5) is 0 Å². The molecule has 0 radical (unpaired) electrons. The van der Waals surface area contributed by atoms with Crippen molar-refractivity contribution in [1.29, 1.82) is 0 Å². The van der Waals surface area contributed by atoms with Gasteiger partial charge in [-0.25, -0.2) is 0 Å². The smallest absolute Gasteiger partial charge is 0.279 e. The van der Waals surface area contributed by atoms with Gasteiger partial charge < -0.3 is 39.5 Å². The van der Waals surface area contributed by atoms with E-state index in [2.05, 4.69) is 24.5 Å². The molecule has 54 heavy (non-hydrogen) atoms. The number of nitrogens with zero attached hydrogens (tertiary/aromatic N) is 3. The fourth-order valence-corrected chi connectivity index (χ4v) is 7.72. The quantitative estimate of drug-likeness (QED) is 0.163. The van der Waals surface area contributed by atoms with E-state index in [1.165, 1.54) is 6.42 Å². The Morgan fingerprint density at radius 1 is 0.963 bits per heavy atom. The molecule has 1 heterocycles. The molecule has 9 atom stereocenters. The molecule has 1 aromatic carbocycles. The molecule has 1 aliphatic heterocycles. The van der Waals surface area contributed by atoms with Crippen molar-refractivity contribution >= 4 is 23.6 Å². The van der Waals surface area contributed by atoms with E-state index in [0.29, 0.717) is 23.0 Å². The predicted octanol–water partition coefficient (Wildman–Crippen LogP) is 4.80. The molecule has 12 nitrogen and oxygen atoms in total. The van der Waals surface area contributed by atoms with Gasteiger partial charge in [0.05, 0.1) is 76.0 Å². The molecule has 0 aromatic heterocycles. The summed E-state index contributed by atoms with van der Waals surface area (Å²) < 4.78 is 12.4. The van der Waals surface area contributed by atoms with Gasteiger partial charge >= 0.3 is 0 Å². The van der Waals surface area contributed by atoms with E-state index in [9.17, 15) is 24.3 Å². The summed E-state index contributed by atoms with van der Waals surface area (Å²) in [5, 5.41) is 16.6. The highest BCUT2D eigenvalue weighted by molar-refractivity contribution is 5.87. The second-order valence-corrected chi connectivity index (χ2v) is 16.0. The third kappa shape index (κ3) is 13.6. The summed E-state index contributed by atoms with van der Waals surface area (Å²) in [5.74, 6) is -1.31. The minimum atomic E-state index is -0.872. The van der Waals surface area contributed by atoms with Gasteiger partial charge in [0.2, 0.25) is 17.7 Å². The molecule has 9 unspecified atom stereocenters. The third-order valence-corrected chi connectivity index (χ3v) is 11.2. The molecule has 1 aliphatic rings. The van der Waals surface area contributed by atoms with Crippen LogP contribution in [0.2, 0.25) is 0 Å². The Morgan fingerprint density at radius 2 is 1.56 bits per heavy atom. The summed E-state index contributed by atoms with van der Waals surface area (Å²) in [6, 6.07) is 7.61. The molecule has 1 aromatic rings. The maximum absolute atomic E-state index is 14.0. The predicted molar refractivity (Wildman–Crippen MR) is 215 cm³/mol. The van der Waals surface area contributed by atoms with E-state index >= 15 is 0 Å². The number of aliphatic hydroxyl groups is 1. The zero-order chi connectivity index (χ0) is 41.3. The minimum absolute atomic E-state index is 0.00421. The van der Waals surface area contributed by atoms with Crippen LogP contribution >= 0.6 is 0 Å². The molecule has 0 aliphatic carbocycles. The highest BCUT2D eigenvalue weighted by Crippen LogP contribution is 2.29. The van der Waals surface area contributed by atoms with Crippen molar-refractivity contribution in [2.24, 2.45) is 17.8 Å². The van der Waals surface area contributed by atoms with Crippen LogP contribution in [-0.2, 0) is 28.7 Å². The lowest BCUT2D eigenvalue weighted by molar-refractivity contribution is -0.907. The Hall–Kier alpha value is -3.06. The number of amides is 4. The second kappa shape index (κ2) is 23.8. The van der Waals surface area contributed by atoms with Crippen LogP contribution in [0.25, 0.3) is 0 Å². The van der Waals surface area contributed by atoms with Crippen LogP contribution in [0.3, 0.4) is 0 Å². The number of likely N-dealkylation sites (tertiary alicyclic amines) is 1. The molecule has 0 bridgehead atoms. The minimum Gasteiger partial charge on any atom is -0.386 e. The summed E-state index contributed by atoms with van der Waals surface area (Å²) >= 11 is 0. The monoisotopic (exact) mass is 763 g/mol. The molecule has 12 heteroatoms. The maximum Gasteiger partial charge on any atom is 0.279 e. The summed E-state index contributed by atoms with van der Waals surface area (Å²) in [6.07, 6.45) is 1.46. The van der Waals surface area contributed by atoms with Gasteiger partial charge in [0.25, 0.3) is 5.91 Å². The van der Waals surface area contributed by atoms with Crippen LogP contribution in [-0.4, -0.2) is 134 Å². The number of carbonyl (C=O) groups is 4.